The van der Waals surface area contributed by atoms with Gasteiger partial charge in [-0.3, -0.25) is 9.59 Å². The maximum absolute atomic E-state index is 13.1. The molecule has 2 aromatic carbocycles. The van der Waals surface area contributed by atoms with Crippen molar-refractivity contribution in [2.75, 3.05) is 13.1 Å². The Morgan fingerprint density at radius 3 is 2.00 bits per heavy atom. The van der Waals surface area contributed by atoms with Crippen LogP contribution < -0.4 is 21.1 Å². The maximum Gasteiger partial charge on any atom is 0.251 e. The van der Waals surface area contributed by atoms with Crippen LogP contribution in [0.2, 0.25) is 5.02 Å². The molecular formula is C32H43ClN4O3. The van der Waals surface area contributed by atoms with Crippen LogP contribution in [0.3, 0.4) is 0 Å². The molecule has 0 aromatic heterocycles. The average Bonchev–Trinajstić information content (AvgIpc) is 2.93. The van der Waals surface area contributed by atoms with Crippen molar-refractivity contribution in [3.05, 3.63) is 64.2 Å². The molecule has 216 valence electrons. The van der Waals surface area contributed by atoms with Crippen LogP contribution in [0, 0.1) is 22.2 Å². The number of carbonyl (C=O) groups is 2. The third kappa shape index (κ3) is 7.56. The van der Waals surface area contributed by atoms with Gasteiger partial charge >= 0.3 is 0 Å². The first kappa shape index (κ1) is 31.4. The smallest absolute Gasteiger partial charge is 0.251 e. The van der Waals surface area contributed by atoms with Crippen molar-refractivity contribution in [2.24, 2.45) is 16.6 Å². The Bertz CT molecular complexity index is 1190. The van der Waals surface area contributed by atoms with Crippen LogP contribution in [0.5, 0.6) is 5.75 Å². The summed E-state index contributed by atoms with van der Waals surface area (Å²) in [5, 5.41) is 15.6. The van der Waals surface area contributed by atoms with Gasteiger partial charge in [0.15, 0.2) is 0 Å². The van der Waals surface area contributed by atoms with Gasteiger partial charge in [0, 0.05) is 40.6 Å². The predicted molar refractivity (Wildman–Crippen MR) is 160 cm³/mol. The molecule has 3 rings (SSSR count). The number of unbranched alkanes of at least 4 members (excludes halogenated alkanes) is 6. The molecule has 1 saturated carbocycles. The molecule has 40 heavy (non-hydrogen) atoms. The fourth-order valence-electron chi connectivity index (χ4n) is 6.04. The van der Waals surface area contributed by atoms with Gasteiger partial charge in [-0.2, -0.15) is 5.26 Å². The highest BCUT2D eigenvalue weighted by Crippen LogP contribution is 2.55. The second-order valence-electron chi connectivity index (χ2n) is 11.9. The summed E-state index contributed by atoms with van der Waals surface area (Å²) in [4.78, 5) is 25.7. The Kier molecular flexibility index (Phi) is 11.0. The van der Waals surface area contributed by atoms with Gasteiger partial charge in [0.05, 0.1) is 10.6 Å². The monoisotopic (exact) mass is 566 g/mol. The maximum atomic E-state index is 13.1. The Hall–Kier alpha value is -3.08. The Morgan fingerprint density at radius 1 is 0.900 bits per heavy atom. The lowest BCUT2D eigenvalue weighted by Gasteiger charge is -2.63. The largest absolute Gasteiger partial charge is 0.489 e. The third-order valence-corrected chi connectivity index (χ3v) is 8.32. The van der Waals surface area contributed by atoms with E-state index in [0.29, 0.717) is 34.0 Å². The van der Waals surface area contributed by atoms with Crippen LogP contribution >= 0.6 is 11.6 Å². The second kappa shape index (κ2) is 14.0. The van der Waals surface area contributed by atoms with Crippen molar-refractivity contribution >= 4 is 23.4 Å². The highest BCUT2D eigenvalue weighted by molar-refractivity contribution is 6.31. The number of rotatable bonds is 14. The van der Waals surface area contributed by atoms with Gasteiger partial charge in [0.25, 0.3) is 11.8 Å². The lowest BCUT2D eigenvalue weighted by atomic mass is 9.49. The SMILES string of the molecule is CC1(C)[C@H](NC(=O)c2ccc(C(=O)NCCCCCCCCCN)cc2)C(C)(C)[C@H]1Oc1ccc(C#N)c(Cl)c1. The van der Waals surface area contributed by atoms with Gasteiger partial charge in [-0.05, 0) is 55.8 Å². The molecule has 2 amide bonds. The number of hydrogen-bond donors (Lipinski definition) is 3. The fraction of sp³-hybridized carbons (Fsp3) is 0.531. The Balaban J connectivity index is 1.49. The molecule has 7 nitrogen and oxygen atoms in total. The van der Waals surface area contributed by atoms with Gasteiger partial charge in [-0.25, -0.2) is 0 Å². The predicted octanol–water partition coefficient (Wildman–Crippen LogP) is 6.24. The highest BCUT2D eigenvalue weighted by Gasteiger charge is 2.64. The molecule has 0 saturated heterocycles. The minimum atomic E-state index is -0.357. The van der Waals surface area contributed by atoms with Crippen molar-refractivity contribution in [1.29, 1.82) is 5.26 Å². The first-order valence-electron chi connectivity index (χ1n) is 14.3. The van der Waals surface area contributed by atoms with E-state index < -0.39 is 0 Å². The van der Waals surface area contributed by atoms with Crippen molar-refractivity contribution in [3.8, 4) is 11.8 Å². The first-order chi connectivity index (χ1) is 19.0. The lowest BCUT2D eigenvalue weighted by Crippen LogP contribution is -2.74. The topological polar surface area (TPSA) is 117 Å². The molecule has 2 aromatic rings. The van der Waals surface area contributed by atoms with E-state index in [0.717, 1.165) is 25.8 Å². The minimum absolute atomic E-state index is 0.126. The van der Waals surface area contributed by atoms with E-state index in [-0.39, 0.29) is 34.8 Å². The molecule has 1 aliphatic rings. The van der Waals surface area contributed by atoms with E-state index in [1.165, 1.54) is 25.7 Å². The van der Waals surface area contributed by atoms with Crippen LogP contribution in [-0.2, 0) is 0 Å². The van der Waals surface area contributed by atoms with Crippen molar-refractivity contribution in [3.63, 3.8) is 0 Å². The van der Waals surface area contributed by atoms with Gasteiger partial charge < -0.3 is 21.1 Å². The van der Waals surface area contributed by atoms with E-state index in [9.17, 15) is 9.59 Å². The second-order valence-corrected chi connectivity index (χ2v) is 12.3. The van der Waals surface area contributed by atoms with E-state index in [1.54, 1.807) is 42.5 Å². The summed E-state index contributed by atoms with van der Waals surface area (Å²) in [7, 11) is 0. The molecule has 0 atom stereocenters. The Morgan fingerprint density at radius 2 is 1.45 bits per heavy atom. The third-order valence-electron chi connectivity index (χ3n) is 8.01. The summed E-state index contributed by atoms with van der Waals surface area (Å²) in [5.41, 5.74) is 6.24. The van der Waals surface area contributed by atoms with Crippen molar-refractivity contribution in [2.45, 2.75) is 84.8 Å². The summed E-state index contributed by atoms with van der Waals surface area (Å²) in [6, 6.07) is 13.7. The zero-order chi connectivity index (χ0) is 29.3. The number of amides is 2. The molecular weight excluding hydrogens is 524 g/mol. The van der Waals surface area contributed by atoms with E-state index in [4.69, 9.17) is 27.3 Å². The summed E-state index contributed by atoms with van der Waals surface area (Å²) in [6.07, 6.45) is 7.78. The molecule has 1 aliphatic carbocycles. The molecule has 0 radical (unpaired) electrons. The van der Waals surface area contributed by atoms with E-state index >= 15 is 0 Å². The van der Waals surface area contributed by atoms with Crippen molar-refractivity contribution < 1.29 is 14.3 Å². The standard InChI is InChI=1S/C32H43ClN4O3/c1-31(2)29(32(3,4)30(31)40-25-17-16-24(21-35)26(33)20-25)37-28(39)23-14-12-22(13-15-23)27(38)36-19-11-9-7-5-6-8-10-18-34/h12-17,20,29-30H,5-11,18-19,34H2,1-4H3,(H,36,38)(H,37,39)/t29-,30-. The molecule has 8 heteroatoms. The number of benzene rings is 2. The minimum Gasteiger partial charge on any atom is -0.489 e. The molecule has 0 heterocycles. The van der Waals surface area contributed by atoms with Gasteiger partial charge in [-0.1, -0.05) is 71.4 Å². The normalized spacial score (nSPS) is 18.7. The number of nitriles is 1. The number of hydrogen-bond acceptors (Lipinski definition) is 5. The van der Waals surface area contributed by atoms with E-state index in [2.05, 4.69) is 44.4 Å². The summed E-state index contributed by atoms with van der Waals surface area (Å²) < 4.78 is 6.30. The van der Waals surface area contributed by atoms with Crippen LogP contribution in [0.15, 0.2) is 42.5 Å². The summed E-state index contributed by atoms with van der Waals surface area (Å²) in [6.45, 7) is 9.67. The molecule has 1 fully saturated rings. The number of carbonyl (C=O) groups excluding carboxylic acids is 2. The lowest BCUT2D eigenvalue weighted by molar-refractivity contribution is -0.164. The fourth-order valence-corrected chi connectivity index (χ4v) is 6.25. The molecule has 4 N–H and O–H groups in total. The zero-order valence-corrected chi connectivity index (χ0v) is 24.9. The van der Waals surface area contributed by atoms with Crippen LogP contribution in [0.1, 0.15) is 98.9 Å². The number of halogens is 1. The number of ether oxygens (including phenoxy) is 1. The average molecular weight is 567 g/mol. The van der Waals surface area contributed by atoms with Crippen LogP contribution in [0.4, 0.5) is 0 Å². The number of nitrogens with zero attached hydrogens (tertiary/aromatic N) is 1. The number of nitrogens with one attached hydrogen (secondary N) is 2. The number of nitrogens with two attached hydrogens (primary N) is 1. The van der Waals surface area contributed by atoms with E-state index in [1.807, 2.05) is 0 Å². The zero-order valence-electron chi connectivity index (χ0n) is 24.2. The highest BCUT2D eigenvalue weighted by atomic mass is 35.5. The van der Waals surface area contributed by atoms with Crippen molar-refractivity contribution in [1.82, 2.24) is 10.6 Å². The van der Waals surface area contributed by atoms with Gasteiger partial charge in [-0.15, -0.1) is 0 Å². The quantitative estimate of drug-likeness (QED) is 0.234. The molecule has 0 bridgehead atoms. The summed E-state index contributed by atoms with van der Waals surface area (Å²) in [5.74, 6) is 0.274. The molecule has 0 unspecified atom stereocenters. The molecule has 0 spiro atoms. The summed E-state index contributed by atoms with van der Waals surface area (Å²) >= 11 is 6.19. The van der Waals surface area contributed by atoms with Gasteiger partial charge in [0.2, 0.25) is 0 Å². The van der Waals surface area contributed by atoms with Gasteiger partial charge in [0.1, 0.15) is 17.9 Å². The first-order valence-corrected chi connectivity index (χ1v) is 14.7. The Labute approximate surface area is 243 Å². The van der Waals surface area contributed by atoms with Crippen LogP contribution in [-0.4, -0.2) is 37.0 Å². The van der Waals surface area contributed by atoms with Crippen LogP contribution in [0.25, 0.3) is 0 Å². The molecule has 0 aliphatic heterocycles.